The van der Waals surface area contributed by atoms with Crippen LogP contribution in [0.15, 0.2) is 46.8 Å². The van der Waals surface area contributed by atoms with Crippen molar-refractivity contribution in [1.82, 2.24) is 10.3 Å². The highest BCUT2D eigenvalue weighted by Gasteiger charge is 2.35. The second kappa shape index (κ2) is 12.6. The topological polar surface area (TPSA) is 94.6 Å². The first-order valence-corrected chi connectivity index (χ1v) is 12.6. The van der Waals surface area contributed by atoms with Crippen LogP contribution in [0.5, 0.6) is 0 Å². The van der Waals surface area contributed by atoms with E-state index in [1.165, 1.54) is 12.1 Å². The number of fused-ring (bicyclic) bond motifs is 1. The zero-order chi connectivity index (χ0) is 25.4. The number of rotatable bonds is 13. The average molecular weight is 493 g/mol. The highest BCUT2D eigenvalue weighted by atomic mass is 19.3. The zero-order valence-electron chi connectivity index (χ0n) is 20.6. The molecule has 35 heavy (non-hydrogen) atoms. The summed E-state index contributed by atoms with van der Waals surface area (Å²) in [5.41, 5.74) is 0.967. The number of ether oxygens (including phenoxy) is 1. The van der Waals surface area contributed by atoms with E-state index in [4.69, 9.17) is 4.74 Å². The summed E-state index contributed by atoms with van der Waals surface area (Å²) in [6.07, 6.45) is 9.96. The Labute approximate surface area is 205 Å². The predicted molar refractivity (Wildman–Crippen MR) is 134 cm³/mol. The van der Waals surface area contributed by atoms with Crippen molar-refractivity contribution in [1.29, 1.82) is 0 Å². The van der Waals surface area contributed by atoms with Crippen LogP contribution in [0, 0.1) is 11.8 Å². The minimum Gasteiger partial charge on any atom is -0.506 e. The van der Waals surface area contributed by atoms with Crippen molar-refractivity contribution in [2.75, 3.05) is 26.3 Å². The van der Waals surface area contributed by atoms with Gasteiger partial charge >= 0.3 is 0 Å². The number of halogens is 2. The zero-order valence-corrected chi connectivity index (χ0v) is 20.6. The Morgan fingerprint density at radius 1 is 1.23 bits per heavy atom. The van der Waals surface area contributed by atoms with Gasteiger partial charge in [0.15, 0.2) is 0 Å². The van der Waals surface area contributed by atoms with E-state index in [-0.39, 0.29) is 34.6 Å². The van der Waals surface area contributed by atoms with Crippen molar-refractivity contribution in [3.8, 4) is 0 Å². The first kappa shape index (κ1) is 27.3. The average Bonchev–Trinajstić information content (AvgIpc) is 2.80. The van der Waals surface area contributed by atoms with E-state index in [9.17, 15) is 23.8 Å². The summed E-state index contributed by atoms with van der Waals surface area (Å²) < 4.78 is 33.8. The lowest BCUT2D eigenvalue weighted by Gasteiger charge is -2.32. The molecule has 1 aromatic heterocycles. The maximum Gasteiger partial charge on any atom is 0.292 e. The standard InChI is InChI=1S/C27H38F2N2O4/c1-18-8-7-9-20(14-18)27(28,29)17-35-13-6-4-3-5-12-30-16-23(33)25-19(2)15-22(32)26-21(25)10-11-24(34)31-26/h7-11,15,18-19,23,25,30,32-33H,3-6,12-14,16-17H2,1-2H3,(H,31,34)/t18?,19?,23-,25?/m0/s1. The molecule has 0 saturated carbocycles. The second-order valence-corrected chi connectivity index (χ2v) is 9.79. The summed E-state index contributed by atoms with van der Waals surface area (Å²) in [5, 5.41) is 24.2. The molecule has 4 N–H and O–H groups in total. The van der Waals surface area contributed by atoms with Gasteiger partial charge < -0.3 is 25.3 Å². The van der Waals surface area contributed by atoms with Crippen LogP contribution in [-0.2, 0) is 4.74 Å². The van der Waals surface area contributed by atoms with Crippen LogP contribution in [0.4, 0.5) is 8.78 Å². The molecule has 3 rings (SSSR count). The Kier molecular flexibility index (Phi) is 9.83. The molecule has 0 radical (unpaired) electrons. The number of aliphatic hydroxyl groups excluding tert-OH is 2. The minimum atomic E-state index is -2.91. The first-order valence-electron chi connectivity index (χ1n) is 12.6. The third kappa shape index (κ3) is 7.59. The largest absolute Gasteiger partial charge is 0.506 e. The predicted octanol–water partition coefficient (Wildman–Crippen LogP) is 4.69. The Balaban J connectivity index is 1.28. The number of nitrogens with one attached hydrogen (secondary N) is 2. The quantitative estimate of drug-likeness (QED) is 0.300. The molecule has 3 unspecified atom stereocenters. The molecule has 0 saturated heterocycles. The summed E-state index contributed by atoms with van der Waals surface area (Å²) in [6, 6.07) is 3.08. The van der Waals surface area contributed by atoms with E-state index in [1.54, 1.807) is 18.2 Å². The Hall–Kier alpha value is -2.29. The Morgan fingerprint density at radius 2 is 2.00 bits per heavy atom. The molecular formula is C27H38F2N2O4. The summed E-state index contributed by atoms with van der Waals surface area (Å²) in [6.45, 7) is 4.74. The number of unbranched alkanes of at least 4 members (excludes halogenated alkanes) is 3. The Morgan fingerprint density at radius 3 is 2.77 bits per heavy atom. The van der Waals surface area contributed by atoms with Crippen molar-refractivity contribution in [2.24, 2.45) is 11.8 Å². The smallest absolute Gasteiger partial charge is 0.292 e. The molecule has 6 nitrogen and oxygen atoms in total. The normalized spacial score (nSPS) is 22.9. The van der Waals surface area contributed by atoms with Gasteiger partial charge in [-0.3, -0.25) is 4.79 Å². The number of hydrogen-bond acceptors (Lipinski definition) is 5. The van der Waals surface area contributed by atoms with Gasteiger partial charge in [-0.1, -0.05) is 51.0 Å². The van der Waals surface area contributed by atoms with Gasteiger partial charge in [-0.2, -0.15) is 8.78 Å². The number of aromatic nitrogens is 1. The van der Waals surface area contributed by atoms with Gasteiger partial charge in [0.05, 0.1) is 11.8 Å². The number of hydrogen-bond donors (Lipinski definition) is 4. The van der Waals surface area contributed by atoms with E-state index >= 15 is 0 Å². The molecule has 0 aromatic carbocycles. The highest BCUT2D eigenvalue weighted by molar-refractivity contribution is 5.62. The maximum atomic E-state index is 14.3. The maximum absolute atomic E-state index is 14.3. The fourth-order valence-corrected chi connectivity index (χ4v) is 4.85. The van der Waals surface area contributed by atoms with Crippen LogP contribution in [0.25, 0.3) is 5.76 Å². The van der Waals surface area contributed by atoms with E-state index < -0.39 is 18.6 Å². The van der Waals surface area contributed by atoms with Gasteiger partial charge in [0.1, 0.15) is 12.4 Å². The van der Waals surface area contributed by atoms with Gasteiger partial charge in [-0.25, -0.2) is 0 Å². The van der Waals surface area contributed by atoms with Crippen molar-refractivity contribution in [3.63, 3.8) is 0 Å². The summed E-state index contributed by atoms with van der Waals surface area (Å²) in [7, 11) is 0. The van der Waals surface area contributed by atoms with Crippen molar-refractivity contribution >= 4 is 5.76 Å². The van der Waals surface area contributed by atoms with Crippen LogP contribution < -0.4 is 10.9 Å². The molecule has 0 amide bonds. The van der Waals surface area contributed by atoms with Crippen molar-refractivity contribution in [2.45, 2.75) is 63.9 Å². The van der Waals surface area contributed by atoms with Crippen LogP contribution >= 0.6 is 0 Å². The molecule has 0 spiro atoms. The van der Waals surface area contributed by atoms with Crippen molar-refractivity contribution in [3.05, 3.63) is 63.6 Å². The highest BCUT2D eigenvalue weighted by Crippen LogP contribution is 2.37. The number of pyridine rings is 1. The van der Waals surface area contributed by atoms with Crippen LogP contribution in [0.3, 0.4) is 0 Å². The molecule has 2 aliphatic rings. The number of alkyl halides is 2. The van der Waals surface area contributed by atoms with Gasteiger partial charge in [0, 0.05) is 30.7 Å². The molecule has 194 valence electrons. The molecular weight excluding hydrogens is 454 g/mol. The molecule has 0 bridgehead atoms. The SMILES string of the molecule is CC1C=CC=C(C(F)(F)COCCCCCCNC[C@H](O)C2c3ccc(=O)[nH]c3C(O)=CC2C)C1. The number of aromatic amines is 1. The fourth-order valence-electron chi connectivity index (χ4n) is 4.85. The van der Waals surface area contributed by atoms with Gasteiger partial charge in [-0.05, 0) is 49.3 Å². The van der Waals surface area contributed by atoms with E-state index in [0.29, 0.717) is 25.3 Å². The van der Waals surface area contributed by atoms with Gasteiger partial charge in [0.2, 0.25) is 5.56 Å². The molecule has 0 aliphatic heterocycles. The third-order valence-electron chi connectivity index (χ3n) is 6.75. The van der Waals surface area contributed by atoms with E-state index in [1.807, 2.05) is 19.9 Å². The number of allylic oxidation sites excluding steroid dienone is 4. The fraction of sp³-hybridized carbons (Fsp3) is 0.593. The van der Waals surface area contributed by atoms with Crippen LogP contribution in [-0.4, -0.2) is 53.5 Å². The number of H-pyrrole nitrogens is 1. The molecule has 8 heteroatoms. The number of aliphatic hydroxyl groups is 2. The van der Waals surface area contributed by atoms with Crippen molar-refractivity contribution < 1.29 is 23.7 Å². The van der Waals surface area contributed by atoms with Gasteiger partial charge in [-0.15, -0.1) is 0 Å². The van der Waals surface area contributed by atoms with Gasteiger partial charge in [0.25, 0.3) is 5.92 Å². The second-order valence-electron chi connectivity index (χ2n) is 9.79. The summed E-state index contributed by atoms with van der Waals surface area (Å²) >= 11 is 0. The Bertz CT molecular complexity index is 986. The van der Waals surface area contributed by atoms with E-state index in [0.717, 1.165) is 37.8 Å². The lowest BCUT2D eigenvalue weighted by molar-refractivity contribution is -0.0521. The third-order valence-corrected chi connectivity index (χ3v) is 6.75. The molecule has 4 atom stereocenters. The van der Waals surface area contributed by atoms with E-state index in [2.05, 4.69) is 10.3 Å². The molecule has 1 heterocycles. The molecule has 2 aliphatic carbocycles. The minimum absolute atomic E-state index is 0.0344. The first-order chi connectivity index (χ1) is 16.7. The lowest BCUT2D eigenvalue weighted by atomic mass is 9.78. The van der Waals surface area contributed by atoms with Crippen LogP contribution in [0.1, 0.15) is 63.1 Å². The molecule has 1 aromatic rings. The lowest BCUT2D eigenvalue weighted by Crippen LogP contribution is -2.36. The summed E-state index contributed by atoms with van der Waals surface area (Å²) in [5.74, 6) is -3.06. The summed E-state index contributed by atoms with van der Waals surface area (Å²) in [4.78, 5) is 14.3. The molecule has 0 fully saturated rings. The monoisotopic (exact) mass is 492 g/mol. The van der Waals surface area contributed by atoms with Crippen LogP contribution in [0.2, 0.25) is 0 Å².